The molecule has 1 aliphatic rings. The third kappa shape index (κ3) is 9.90. The molecule has 31 heavy (non-hydrogen) atoms. The summed E-state index contributed by atoms with van der Waals surface area (Å²) in [5.74, 6) is 0.182. The highest BCUT2D eigenvalue weighted by atomic mass is 35.5. The predicted molar refractivity (Wildman–Crippen MR) is 121 cm³/mol. The van der Waals surface area contributed by atoms with Crippen LogP contribution in [0, 0.1) is 0 Å². The van der Waals surface area contributed by atoms with Crippen molar-refractivity contribution in [3.63, 3.8) is 0 Å². The van der Waals surface area contributed by atoms with E-state index in [0.717, 1.165) is 11.6 Å². The lowest BCUT2D eigenvalue weighted by Gasteiger charge is -2.12. The van der Waals surface area contributed by atoms with E-state index in [9.17, 15) is 9.90 Å². The van der Waals surface area contributed by atoms with E-state index < -0.39 is 5.97 Å². The van der Waals surface area contributed by atoms with Crippen LogP contribution >= 0.6 is 11.6 Å². The Bertz CT molecular complexity index is 830. The van der Waals surface area contributed by atoms with Crippen LogP contribution in [0.2, 0.25) is 5.02 Å². The maximum absolute atomic E-state index is 10.5. The van der Waals surface area contributed by atoms with Crippen LogP contribution in [-0.2, 0) is 17.8 Å². The largest absolute Gasteiger partial charge is 0.550 e. The topological polar surface area (TPSA) is 86.2 Å². The van der Waals surface area contributed by atoms with Gasteiger partial charge in [0.2, 0.25) is 0 Å². The number of carbonyl (C=O) groups is 1. The minimum absolute atomic E-state index is 0.107. The van der Waals surface area contributed by atoms with E-state index in [0.29, 0.717) is 35.3 Å². The number of aliphatic carboxylic acids is 1. The molecule has 3 rings (SSSR count). The first-order valence-corrected chi connectivity index (χ1v) is 11.1. The third-order valence-corrected chi connectivity index (χ3v) is 5.26. The SMILES string of the molecule is C/C=C/COc1ccc(COc2ccc(CC(=O)[O-])cc2)cc1Cl.[NH3+]C1CCCCC1. The Labute approximate surface area is 189 Å². The highest BCUT2D eigenvalue weighted by molar-refractivity contribution is 6.32. The van der Waals surface area contributed by atoms with Crippen molar-refractivity contribution in [1.82, 2.24) is 0 Å². The number of hydrogen-bond donors (Lipinski definition) is 1. The molecule has 0 spiro atoms. The lowest BCUT2D eigenvalue weighted by Crippen LogP contribution is -2.61. The van der Waals surface area contributed by atoms with Crippen LogP contribution in [0.3, 0.4) is 0 Å². The van der Waals surface area contributed by atoms with Gasteiger partial charge in [-0.25, -0.2) is 0 Å². The maximum Gasteiger partial charge on any atom is 0.138 e. The summed E-state index contributed by atoms with van der Waals surface area (Å²) in [5, 5.41) is 11.1. The molecular weight excluding hydrogens is 414 g/mol. The summed E-state index contributed by atoms with van der Waals surface area (Å²) in [5.41, 5.74) is 5.59. The fourth-order valence-electron chi connectivity index (χ4n) is 3.21. The van der Waals surface area contributed by atoms with Crippen molar-refractivity contribution < 1.29 is 25.1 Å². The van der Waals surface area contributed by atoms with Crippen LogP contribution in [0.25, 0.3) is 0 Å². The monoisotopic (exact) mass is 445 g/mol. The Hall–Kier alpha value is -2.50. The molecule has 0 unspecified atom stereocenters. The van der Waals surface area contributed by atoms with Crippen molar-refractivity contribution in [2.24, 2.45) is 0 Å². The molecule has 0 atom stereocenters. The second-order valence-corrected chi connectivity index (χ2v) is 8.04. The molecule has 3 N–H and O–H groups in total. The standard InChI is InChI=1S/C19H19ClO4.C6H13N/c1-2-3-10-23-18-9-6-15(11-17(18)20)13-24-16-7-4-14(5-8-16)12-19(21)22;7-6-4-2-1-3-5-6/h2-9,11H,10,12-13H2,1H3,(H,21,22);6H,1-5,7H2/b3-2+;. The fraction of sp³-hybridized carbons (Fsp3) is 0.400. The van der Waals surface area contributed by atoms with Gasteiger partial charge < -0.3 is 25.1 Å². The number of hydrogen-bond acceptors (Lipinski definition) is 4. The van der Waals surface area contributed by atoms with Gasteiger partial charge in [-0.2, -0.15) is 0 Å². The van der Waals surface area contributed by atoms with Crippen LogP contribution < -0.4 is 20.3 Å². The van der Waals surface area contributed by atoms with Crippen molar-refractivity contribution in [3.05, 3.63) is 70.8 Å². The molecule has 1 fully saturated rings. The first-order valence-electron chi connectivity index (χ1n) is 10.7. The van der Waals surface area contributed by atoms with Gasteiger partial charge in [-0.15, -0.1) is 0 Å². The van der Waals surface area contributed by atoms with Gasteiger partial charge in [-0.1, -0.05) is 48.4 Å². The molecule has 1 saturated carbocycles. The van der Waals surface area contributed by atoms with Crippen molar-refractivity contribution in [3.8, 4) is 11.5 Å². The molecule has 2 aromatic rings. The summed E-state index contributed by atoms with van der Waals surface area (Å²) in [4.78, 5) is 10.5. The zero-order valence-corrected chi connectivity index (χ0v) is 18.9. The molecule has 0 aromatic heterocycles. The zero-order valence-electron chi connectivity index (χ0n) is 18.1. The summed E-state index contributed by atoms with van der Waals surface area (Å²) in [6, 6.07) is 13.2. The van der Waals surface area contributed by atoms with Gasteiger partial charge in [0, 0.05) is 12.4 Å². The number of carboxylic acids is 1. The van der Waals surface area contributed by atoms with E-state index in [1.165, 1.54) is 32.1 Å². The smallest absolute Gasteiger partial charge is 0.138 e. The second kappa shape index (κ2) is 13.7. The normalized spacial score (nSPS) is 14.0. The van der Waals surface area contributed by atoms with E-state index in [-0.39, 0.29) is 6.42 Å². The minimum Gasteiger partial charge on any atom is -0.550 e. The summed E-state index contributed by atoms with van der Waals surface area (Å²) in [7, 11) is 0. The van der Waals surface area contributed by atoms with Crippen molar-refractivity contribution >= 4 is 17.6 Å². The molecular formula is C25H32ClNO4. The lowest BCUT2D eigenvalue weighted by molar-refractivity contribution is -0.425. The van der Waals surface area contributed by atoms with E-state index in [1.54, 1.807) is 30.3 Å². The number of carbonyl (C=O) groups excluding carboxylic acids is 1. The van der Waals surface area contributed by atoms with Gasteiger partial charge in [0.15, 0.2) is 0 Å². The number of allylic oxidation sites excluding steroid dienone is 1. The molecule has 0 bridgehead atoms. The Morgan fingerprint density at radius 2 is 1.77 bits per heavy atom. The van der Waals surface area contributed by atoms with Crippen molar-refractivity contribution in [2.45, 2.75) is 58.1 Å². The number of benzene rings is 2. The first-order chi connectivity index (χ1) is 15.0. The van der Waals surface area contributed by atoms with Gasteiger partial charge in [0.25, 0.3) is 0 Å². The zero-order chi connectivity index (χ0) is 22.5. The average molecular weight is 446 g/mol. The molecule has 6 heteroatoms. The molecule has 168 valence electrons. The highest BCUT2D eigenvalue weighted by Crippen LogP contribution is 2.26. The average Bonchev–Trinajstić information content (AvgIpc) is 2.75. The third-order valence-electron chi connectivity index (χ3n) is 4.97. The van der Waals surface area contributed by atoms with Crippen molar-refractivity contribution in [1.29, 1.82) is 0 Å². The predicted octanol–water partition coefficient (Wildman–Crippen LogP) is 3.73. The van der Waals surface area contributed by atoms with E-state index in [2.05, 4.69) is 5.73 Å². The fourth-order valence-corrected chi connectivity index (χ4v) is 3.47. The van der Waals surface area contributed by atoms with Gasteiger partial charge in [-0.05, 0) is 68.0 Å². The lowest BCUT2D eigenvalue weighted by atomic mass is 9.97. The Morgan fingerprint density at radius 3 is 2.32 bits per heavy atom. The Kier molecular flexibility index (Phi) is 11.0. The van der Waals surface area contributed by atoms with Crippen LogP contribution in [0.1, 0.15) is 50.2 Å². The Morgan fingerprint density at radius 1 is 1.10 bits per heavy atom. The molecule has 0 aliphatic heterocycles. The molecule has 5 nitrogen and oxygen atoms in total. The second-order valence-electron chi connectivity index (χ2n) is 7.63. The molecule has 1 aliphatic carbocycles. The summed E-state index contributed by atoms with van der Waals surface area (Å²) < 4.78 is 11.2. The first kappa shape index (κ1) is 24.8. The van der Waals surface area contributed by atoms with E-state index >= 15 is 0 Å². The van der Waals surface area contributed by atoms with E-state index in [1.807, 2.05) is 31.2 Å². The van der Waals surface area contributed by atoms with Crippen LogP contribution in [-0.4, -0.2) is 18.6 Å². The number of carboxylic acid groups (broad SMARTS) is 1. The van der Waals surface area contributed by atoms with Crippen LogP contribution in [0.4, 0.5) is 0 Å². The number of ether oxygens (including phenoxy) is 2. The summed E-state index contributed by atoms with van der Waals surface area (Å²) in [6.07, 6.45) is 10.8. The molecule has 0 saturated heterocycles. The molecule has 2 aromatic carbocycles. The molecule has 0 radical (unpaired) electrons. The summed E-state index contributed by atoms with van der Waals surface area (Å²) in [6.45, 7) is 2.76. The number of quaternary nitrogens is 1. The van der Waals surface area contributed by atoms with Crippen molar-refractivity contribution in [2.75, 3.05) is 6.61 Å². The van der Waals surface area contributed by atoms with Crippen LogP contribution in [0.5, 0.6) is 11.5 Å². The molecule has 0 amide bonds. The van der Waals surface area contributed by atoms with E-state index in [4.69, 9.17) is 21.1 Å². The van der Waals surface area contributed by atoms with Gasteiger partial charge in [-0.3, -0.25) is 0 Å². The van der Waals surface area contributed by atoms with Gasteiger partial charge in [0.05, 0.1) is 11.1 Å². The summed E-state index contributed by atoms with van der Waals surface area (Å²) >= 11 is 6.19. The molecule has 0 heterocycles. The van der Waals surface area contributed by atoms with Gasteiger partial charge >= 0.3 is 0 Å². The highest BCUT2D eigenvalue weighted by Gasteiger charge is 2.09. The van der Waals surface area contributed by atoms with Crippen LogP contribution in [0.15, 0.2) is 54.6 Å². The minimum atomic E-state index is -1.10. The van der Waals surface area contributed by atoms with Gasteiger partial charge in [0.1, 0.15) is 24.7 Å². The quantitative estimate of drug-likeness (QED) is 0.627. The maximum atomic E-state index is 10.5. The number of halogens is 1. The number of rotatable bonds is 8. The Balaban J connectivity index is 0.000000412.